The van der Waals surface area contributed by atoms with E-state index in [9.17, 15) is 0 Å². The van der Waals surface area contributed by atoms with Gasteiger partial charge in [-0.2, -0.15) is 0 Å². The van der Waals surface area contributed by atoms with E-state index < -0.39 is 0 Å². The highest BCUT2D eigenvalue weighted by Crippen LogP contribution is 2.20. The predicted octanol–water partition coefficient (Wildman–Crippen LogP) is 1.60. The zero-order valence-corrected chi connectivity index (χ0v) is 10.7. The van der Waals surface area contributed by atoms with Crippen LogP contribution >= 0.6 is 12.2 Å². The molecule has 4 N–H and O–H groups in total. The van der Waals surface area contributed by atoms with Gasteiger partial charge in [0, 0.05) is 0 Å². The van der Waals surface area contributed by atoms with Crippen LogP contribution in [0, 0.1) is 0 Å². The van der Waals surface area contributed by atoms with E-state index in [0.717, 1.165) is 5.56 Å². The van der Waals surface area contributed by atoms with Crippen molar-refractivity contribution in [3.63, 3.8) is 0 Å². The molecule has 4 nitrogen and oxygen atoms in total. The minimum absolute atomic E-state index is 0.190. The maximum absolute atomic E-state index is 5.64. The average molecular weight is 248 g/mol. The van der Waals surface area contributed by atoms with Crippen LogP contribution in [-0.2, 0) is 0 Å². The summed E-state index contributed by atoms with van der Waals surface area (Å²) < 4.78 is 0. The lowest BCUT2D eigenvalue weighted by atomic mass is 10.0. The van der Waals surface area contributed by atoms with Gasteiger partial charge < -0.3 is 16.4 Å². The summed E-state index contributed by atoms with van der Waals surface area (Å²) in [6, 6.07) is 8.33. The number of guanidine groups is 1. The molecule has 1 heterocycles. The van der Waals surface area contributed by atoms with Crippen LogP contribution in [0.15, 0.2) is 29.3 Å². The summed E-state index contributed by atoms with van der Waals surface area (Å²) in [6.07, 6.45) is -0.190. The Balaban J connectivity index is 2.23. The number of nitrogens with one attached hydrogen (secondary N) is 2. The molecule has 1 aliphatic rings. The van der Waals surface area contributed by atoms with E-state index in [2.05, 4.69) is 53.7 Å². The van der Waals surface area contributed by atoms with Gasteiger partial charge in [0.2, 0.25) is 0 Å². The normalized spacial score (nSPS) is 19.6. The van der Waals surface area contributed by atoms with Gasteiger partial charge in [0.05, 0.1) is 0 Å². The first-order chi connectivity index (χ1) is 8.06. The van der Waals surface area contributed by atoms with Crippen molar-refractivity contribution in [1.82, 2.24) is 10.6 Å². The molecule has 0 aromatic heterocycles. The van der Waals surface area contributed by atoms with Crippen molar-refractivity contribution >= 4 is 23.3 Å². The van der Waals surface area contributed by atoms with Crippen molar-refractivity contribution in [3.8, 4) is 0 Å². The van der Waals surface area contributed by atoms with Crippen LogP contribution in [-0.4, -0.2) is 11.1 Å². The topological polar surface area (TPSA) is 62.4 Å². The third-order valence-electron chi connectivity index (χ3n) is 2.70. The second-order valence-electron chi connectivity index (χ2n) is 4.34. The average Bonchev–Trinajstić information content (AvgIpc) is 2.28. The molecule has 0 amide bonds. The van der Waals surface area contributed by atoms with Crippen molar-refractivity contribution in [3.05, 3.63) is 35.4 Å². The van der Waals surface area contributed by atoms with Crippen LogP contribution in [0.4, 0.5) is 0 Å². The molecule has 0 saturated carbocycles. The second-order valence-corrected chi connectivity index (χ2v) is 4.74. The number of aliphatic imine (C=N–C) groups is 1. The number of hydrogen-bond donors (Lipinski definition) is 3. The minimum Gasteiger partial charge on any atom is -0.370 e. The molecule has 1 aliphatic heterocycles. The lowest BCUT2D eigenvalue weighted by Gasteiger charge is -2.23. The molecule has 0 aliphatic carbocycles. The Labute approximate surface area is 106 Å². The fraction of sp³-hybridized carbons (Fsp3) is 0.333. The maximum atomic E-state index is 5.64. The summed E-state index contributed by atoms with van der Waals surface area (Å²) in [4.78, 5) is 4.26. The molecule has 0 radical (unpaired) electrons. The number of rotatable bonds is 2. The van der Waals surface area contributed by atoms with E-state index in [0.29, 0.717) is 17.0 Å². The minimum atomic E-state index is -0.190. The third-order valence-corrected chi connectivity index (χ3v) is 2.92. The van der Waals surface area contributed by atoms with Crippen molar-refractivity contribution in [2.75, 3.05) is 0 Å². The van der Waals surface area contributed by atoms with Gasteiger partial charge in [-0.25, -0.2) is 4.99 Å². The number of benzene rings is 1. The van der Waals surface area contributed by atoms with E-state index in [1.807, 2.05) is 0 Å². The van der Waals surface area contributed by atoms with E-state index in [1.54, 1.807) is 0 Å². The highest BCUT2D eigenvalue weighted by molar-refractivity contribution is 7.80. The molecule has 0 bridgehead atoms. The van der Waals surface area contributed by atoms with Crippen LogP contribution in [0.3, 0.4) is 0 Å². The number of nitrogens with zero attached hydrogens (tertiary/aromatic N) is 1. The van der Waals surface area contributed by atoms with Gasteiger partial charge in [0.1, 0.15) is 6.17 Å². The highest BCUT2D eigenvalue weighted by atomic mass is 32.1. The second kappa shape index (κ2) is 4.71. The Kier molecular flexibility index (Phi) is 3.28. The lowest BCUT2D eigenvalue weighted by molar-refractivity contribution is 0.659. The van der Waals surface area contributed by atoms with E-state index in [1.165, 1.54) is 5.56 Å². The smallest absolute Gasteiger partial charge is 0.197 e. The molecule has 1 unspecified atom stereocenters. The molecule has 1 aromatic carbocycles. The van der Waals surface area contributed by atoms with Crippen molar-refractivity contribution in [2.24, 2.45) is 10.7 Å². The van der Waals surface area contributed by atoms with Gasteiger partial charge in [-0.1, -0.05) is 38.1 Å². The SMILES string of the molecule is CC(C)c1ccc(C2N=C(N)NC(=S)N2)cc1. The Hall–Kier alpha value is -1.62. The van der Waals surface area contributed by atoms with E-state index in [-0.39, 0.29) is 6.17 Å². The quantitative estimate of drug-likeness (QED) is 0.696. The monoisotopic (exact) mass is 248 g/mol. The Morgan fingerprint density at radius 2 is 1.94 bits per heavy atom. The molecule has 0 saturated heterocycles. The molecule has 0 fully saturated rings. The summed E-state index contributed by atoms with van der Waals surface area (Å²) in [7, 11) is 0. The van der Waals surface area contributed by atoms with Crippen LogP contribution in [0.1, 0.15) is 37.1 Å². The number of hydrogen-bond acceptors (Lipinski definition) is 3. The Morgan fingerprint density at radius 3 is 2.47 bits per heavy atom. The molecule has 0 spiro atoms. The first kappa shape index (κ1) is 11.9. The van der Waals surface area contributed by atoms with Gasteiger partial charge >= 0.3 is 0 Å². The summed E-state index contributed by atoms with van der Waals surface area (Å²) >= 11 is 5.04. The molecular formula is C12H16N4S. The highest BCUT2D eigenvalue weighted by Gasteiger charge is 2.17. The molecule has 5 heteroatoms. The molecule has 2 rings (SSSR count). The summed E-state index contributed by atoms with van der Waals surface area (Å²) in [5.74, 6) is 0.881. The van der Waals surface area contributed by atoms with Crippen molar-refractivity contribution in [2.45, 2.75) is 25.9 Å². The zero-order chi connectivity index (χ0) is 12.4. The number of thiocarbonyl (C=S) groups is 1. The first-order valence-electron chi connectivity index (χ1n) is 5.57. The van der Waals surface area contributed by atoms with Crippen LogP contribution in [0.5, 0.6) is 0 Å². The van der Waals surface area contributed by atoms with Crippen molar-refractivity contribution < 1.29 is 0 Å². The first-order valence-corrected chi connectivity index (χ1v) is 5.97. The van der Waals surface area contributed by atoms with Gasteiger partial charge in [-0.3, -0.25) is 0 Å². The van der Waals surface area contributed by atoms with Crippen LogP contribution < -0.4 is 16.4 Å². The fourth-order valence-electron chi connectivity index (χ4n) is 1.70. The van der Waals surface area contributed by atoms with Crippen LogP contribution in [0.2, 0.25) is 0 Å². The zero-order valence-electron chi connectivity index (χ0n) is 9.90. The molecule has 90 valence electrons. The molecule has 1 atom stereocenters. The predicted molar refractivity (Wildman–Crippen MR) is 73.8 cm³/mol. The van der Waals surface area contributed by atoms with Gasteiger partial charge in [-0.15, -0.1) is 0 Å². The molecular weight excluding hydrogens is 232 g/mol. The van der Waals surface area contributed by atoms with Gasteiger partial charge in [0.15, 0.2) is 11.1 Å². The Bertz CT molecular complexity index is 450. The van der Waals surface area contributed by atoms with E-state index in [4.69, 9.17) is 18.0 Å². The molecule has 17 heavy (non-hydrogen) atoms. The third kappa shape index (κ3) is 2.74. The summed E-state index contributed by atoms with van der Waals surface area (Å²) in [5.41, 5.74) is 8.01. The Morgan fingerprint density at radius 1 is 1.29 bits per heavy atom. The largest absolute Gasteiger partial charge is 0.370 e. The molecule has 1 aromatic rings. The van der Waals surface area contributed by atoms with Gasteiger partial charge in [-0.05, 0) is 29.3 Å². The maximum Gasteiger partial charge on any atom is 0.197 e. The summed E-state index contributed by atoms with van der Waals surface area (Å²) in [5, 5.41) is 6.33. The van der Waals surface area contributed by atoms with Crippen LogP contribution in [0.25, 0.3) is 0 Å². The van der Waals surface area contributed by atoms with Crippen molar-refractivity contribution in [1.29, 1.82) is 0 Å². The standard InChI is InChI=1S/C12H16N4S/c1-7(2)8-3-5-9(6-4-8)10-14-11(13)16-12(17)15-10/h3-7,10H,1-2H3,(H4,13,14,15,16,17). The summed E-state index contributed by atoms with van der Waals surface area (Å²) in [6.45, 7) is 4.34. The van der Waals surface area contributed by atoms with Gasteiger partial charge in [0.25, 0.3) is 0 Å². The van der Waals surface area contributed by atoms with E-state index >= 15 is 0 Å². The lowest BCUT2D eigenvalue weighted by Crippen LogP contribution is -2.49. The fourth-order valence-corrected chi connectivity index (χ4v) is 1.92. The number of nitrogens with two attached hydrogens (primary N) is 1.